The zero-order chi connectivity index (χ0) is 26.2. The Kier molecular flexibility index (Phi) is 19.3. The van der Waals surface area contributed by atoms with Crippen molar-refractivity contribution in [2.24, 2.45) is 0 Å². The van der Waals surface area contributed by atoms with Crippen LogP contribution >= 0.6 is 0 Å². The van der Waals surface area contributed by atoms with Gasteiger partial charge in [-0.1, -0.05) is 109 Å². The average Bonchev–Trinajstić information content (AvgIpc) is 2.93. The second-order valence-electron chi connectivity index (χ2n) is 11.3. The van der Waals surface area contributed by atoms with Gasteiger partial charge in [0.2, 0.25) is 0 Å². The molecule has 0 spiro atoms. The predicted octanol–water partition coefficient (Wildman–Crippen LogP) is 9.81. The highest BCUT2D eigenvalue weighted by Crippen LogP contribution is 2.21. The first kappa shape index (κ1) is 31.7. The molecular formula is C34H60N2O. The van der Waals surface area contributed by atoms with Crippen LogP contribution in [0, 0.1) is 0 Å². The van der Waals surface area contributed by atoms with Crippen LogP contribution in [0.2, 0.25) is 0 Å². The molecule has 1 fully saturated rings. The second-order valence-corrected chi connectivity index (χ2v) is 11.3. The number of allylic oxidation sites excluding steroid dienone is 1. The third-order valence-electron chi connectivity index (χ3n) is 7.97. The first-order valence-electron chi connectivity index (χ1n) is 16.1. The van der Waals surface area contributed by atoms with Crippen molar-refractivity contribution in [2.45, 2.75) is 129 Å². The van der Waals surface area contributed by atoms with E-state index < -0.39 is 0 Å². The highest BCUT2D eigenvalue weighted by Gasteiger charge is 2.16. The summed E-state index contributed by atoms with van der Waals surface area (Å²) in [4.78, 5) is 5.21. The molecule has 0 atom stereocenters. The smallest absolute Gasteiger partial charge is 0.119 e. The van der Waals surface area contributed by atoms with Gasteiger partial charge in [0.1, 0.15) is 5.75 Å². The lowest BCUT2D eigenvalue weighted by atomic mass is 10.0. The summed E-state index contributed by atoms with van der Waals surface area (Å²) in [5, 5.41) is 0. The summed E-state index contributed by atoms with van der Waals surface area (Å²) < 4.78 is 5.96. The predicted molar refractivity (Wildman–Crippen MR) is 164 cm³/mol. The second kappa shape index (κ2) is 22.5. The number of ether oxygens (including phenoxy) is 1. The monoisotopic (exact) mass is 512 g/mol. The molecule has 0 aliphatic carbocycles. The zero-order valence-corrected chi connectivity index (χ0v) is 24.6. The Morgan fingerprint density at radius 3 is 1.73 bits per heavy atom. The molecule has 1 aliphatic heterocycles. The fourth-order valence-corrected chi connectivity index (χ4v) is 5.45. The Labute approximate surface area is 231 Å². The van der Waals surface area contributed by atoms with E-state index in [1.165, 1.54) is 134 Å². The van der Waals surface area contributed by atoms with Gasteiger partial charge in [-0.25, -0.2) is 0 Å². The van der Waals surface area contributed by atoms with Crippen LogP contribution in [0.3, 0.4) is 0 Å². The van der Waals surface area contributed by atoms with Gasteiger partial charge in [-0.3, -0.25) is 4.90 Å². The van der Waals surface area contributed by atoms with E-state index in [0.717, 1.165) is 38.3 Å². The molecule has 0 bridgehead atoms. The van der Waals surface area contributed by atoms with Crippen LogP contribution in [0.5, 0.6) is 5.75 Å². The summed E-state index contributed by atoms with van der Waals surface area (Å²) in [5.41, 5.74) is 1.34. The van der Waals surface area contributed by atoms with Gasteiger partial charge < -0.3 is 9.64 Å². The highest BCUT2D eigenvalue weighted by atomic mass is 16.5. The van der Waals surface area contributed by atoms with Gasteiger partial charge in [0, 0.05) is 31.9 Å². The van der Waals surface area contributed by atoms with Gasteiger partial charge >= 0.3 is 0 Å². The summed E-state index contributed by atoms with van der Waals surface area (Å²) in [6, 6.07) is 8.79. The van der Waals surface area contributed by atoms with Crippen LogP contribution in [0.1, 0.15) is 129 Å². The number of benzene rings is 1. The number of piperazine rings is 1. The number of unbranched alkanes of at least 4 members (excludes halogenated alkanes) is 17. The maximum absolute atomic E-state index is 5.96. The Morgan fingerprint density at radius 2 is 1.16 bits per heavy atom. The van der Waals surface area contributed by atoms with Crippen molar-refractivity contribution in [3.8, 4) is 5.75 Å². The third kappa shape index (κ3) is 16.2. The molecule has 212 valence electrons. The van der Waals surface area contributed by atoms with Crippen molar-refractivity contribution < 1.29 is 4.74 Å². The van der Waals surface area contributed by atoms with Crippen LogP contribution in [0.25, 0.3) is 0 Å². The van der Waals surface area contributed by atoms with E-state index in [0.29, 0.717) is 0 Å². The molecule has 0 saturated carbocycles. The molecule has 1 aromatic rings. The molecule has 0 radical (unpaired) electrons. The molecule has 0 N–H and O–H groups in total. The Hall–Kier alpha value is -1.48. The normalized spacial score (nSPS) is 14.2. The van der Waals surface area contributed by atoms with Gasteiger partial charge in [0.05, 0.1) is 6.61 Å². The van der Waals surface area contributed by atoms with Gasteiger partial charge in [-0.05, 0) is 56.5 Å². The lowest BCUT2D eigenvalue weighted by Crippen LogP contribution is -2.46. The molecule has 1 heterocycles. The van der Waals surface area contributed by atoms with Crippen molar-refractivity contribution in [1.29, 1.82) is 0 Å². The first-order valence-corrected chi connectivity index (χ1v) is 16.1. The van der Waals surface area contributed by atoms with Crippen LogP contribution < -0.4 is 9.64 Å². The van der Waals surface area contributed by atoms with Gasteiger partial charge in [0.15, 0.2) is 0 Å². The van der Waals surface area contributed by atoms with Crippen LogP contribution in [0.15, 0.2) is 36.9 Å². The number of rotatable bonds is 24. The number of anilines is 1. The summed E-state index contributed by atoms with van der Waals surface area (Å²) in [6.07, 6.45) is 28.1. The first-order chi connectivity index (χ1) is 18.3. The molecule has 1 aromatic carbocycles. The summed E-state index contributed by atoms with van der Waals surface area (Å²) in [6.45, 7) is 12.9. The summed E-state index contributed by atoms with van der Waals surface area (Å²) in [5.74, 6) is 1.01. The van der Waals surface area contributed by atoms with E-state index >= 15 is 0 Å². The fourth-order valence-electron chi connectivity index (χ4n) is 5.45. The van der Waals surface area contributed by atoms with Gasteiger partial charge in [-0.15, -0.1) is 6.58 Å². The van der Waals surface area contributed by atoms with E-state index in [1.54, 1.807) is 0 Å². The quantitative estimate of drug-likeness (QED) is 0.101. The third-order valence-corrected chi connectivity index (χ3v) is 7.97. The molecule has 0 amide bonds. The molecule has 0 unspecified atom stereocenters. The molecule has 2 rings (SSSR count). The molecule has 0 aromatic heterocycles. The number of hydrogen-bond acceptors (Lipinski definition) is 3. The topological polar surface area (TPSA) is 15.7 Å². The number of hydrogen-bond donors (Lipinski definition) is 0. The minimum Gasteiger partial charge on any atom is -0.494 e. The Balaban J connectivity index is 1.42. The molecule has 3 heteroatoms. The standard InChI is InChI=1S/C34H60N2O/c1-3-5-7-9-11-12-13-14-15-16-17-19-21-27-35-28-30-36(31-29-35)33-23-25-34(26-24-33)37-32-22-20-18-10-8-6-4-2/h4,23-26H,2-3,5-22,27-32H2,1H3. The highest BCUT2D eigenvalue weighted by molar-refractivity contribution is 5.49. The maximum Gasteiger partial charge on any atom is 0.119 e. The van der Waals surface area contributed by atoms with Crippen molar-refractivity contribution in [3.63, 3.8) is 0 Å². The summed E-state index contributed by atoms with van der Waals surface area (Å²) >= 11 is 0. The molecular weight excluding hydrogens is 452 g/mol. The van der Waals surface area contributed by atoms with E-state index in [-0.39, 0.29) is 0 Å². The van der Waals surface area contributed by atoms with E-state index in [1.807, 2.05) is 6.08 Å². The van der Waals surface area contributed by atoms with Crippen LogP contribution in [-0.4, -0.2) is 44.2 Å². The largest absolute Gasteiger partial charge is 0.494 e. The molecule has 1 saturated heterocycles. The SMILES string of the molecule is C=CCCCCCCCOc1ccc(N2CCN(CCCCCCCCCCCCCCC)CC2)cc1. The Morgan fingerprint density at radius 1 is 0.649 bits per heavy atom. The van der Waals surface area contributed by atoms with E-state index in [4.69, 9.17) is 4.74 Å². The minimum absolute atomic E-state index is 0.832. The lowest BCUT2D eigenvalue weighted by Gasteiger charge is -2.36. The zero-order valence-electron chi connectivity index (χ0n) is 24.6. The van der Waals surface area contributed by atoms with Crippen molar-refractivity contribution in [1.82, 2.24) is 4.90 Å². The average molecular weight is 513 g/mol. The minimum atomic E-state index is 0.832. The van der Waals surface area contributed by atoms with E-state index in [9.17, 15) is 0 Å². The van der Waals surface area contributed by atoms with Crippen molar-refractivity contribution >= 4 is 5.69 Å². The van der Waals surface area contributed by atoms with Crippen molar-refractivity contribution in [2.75, 3.05) is 44.2 Å². The van der Waals surface area contributed by atoms with Crippen molar-refractivity contribution in [3.05, 3.63) is 36.9 Å². The van der Waals surface area contributed by atoms with Gasteiger partial charge in [0.25, 0.3) is 0 Å². The Bertz CT molecular complexity index is 636. The maximum atomic E-state index is 5.96. The molecule has 37 heavy (non-hydrogen) atoms. The van der Waals surface area contributed by atoms with Gasteiger partial charge in [-0.2, -0.15) is 0 Å². The molecule has 3 nitrogen and oxygen atoms in total. The summed E-state index contributed by atoms with van der Waals surface area (Å²) in [7, 11) is 0. The fraction of sp³-hybridized carbons (Fsp3) is 0.765. The lowest BCUT2D eigenvalue weighted by molar-refractivity contribution is 0.252. The van der Waals surface area contributed by atoms with Crippen LogP contribution in [-0.2, 0) is 0 Å². The molecule has 1 aliphatic rings. The van der Waals surface area contributed by atoms with E-state index in [2.05, 4.69) is 47.6 Å². The number of nitrogens with zero attached hydrogens (tertiary/aromatic N) is 2. The van der Waals surface area contributed by atoms with Crippen LogP contribution in [0.4, 0.5) is 5.69 Å².